The smallest absolute Gasteiger partial charge is 0.271 e. The highest BCUT2D eigenvalue weighted by Gasteiger charge is 2.08. The van der Waals surface area contributed by atoms with Crippen molar-refractivity contribution in [2.24, 2.45) is 5.10 Å². The van der Waals surface area contributed by atoms with Crippen LogP contribution in [0.5, 0.6) is 0 Å². The van der Waals surface area contributed by atoms with E-state index >= 15 is 0 Å². The van der Waals surface area contributed by atoms with E-state index in [0.29, 0.717) is 22.1 Å². The summed E-state index contributed by atoms with van der Waals surface area (Å²) in [5.41, 5.74) is 4.38. The van der Waals surface area contributed by atoms with Gasteiger partial charge in [-0.05, 0) is 43.3 Å². The molecule has 4 nitrogen and oxygen atoms in total. The number of hydrazone groups is 1. The van der Waals surface area contributed by atoms with Crippen LogP contribution in [0.2, 0.25) is 5.02 Å². The molecule has 5 heteroatoms. The Labute approximate surface area is 132 Å². The molecule has 2 aromatic carbocycles. The summed E-state index contributed by atoms with van der Waals surface area (Å²) in [6, 6.07) is 16.2. The Morgan fingerprint density at radius 1 is 1.14 bits per heavy atom. The van der Waals surface area contributed by atoms with Gasteiger partial charge in [-0.2, -0.15) is 5.10 Å². The molecule has 22 heavy (non-hydrogen) atoms. The molecule has 0 radical (unpaired) electrons. The SMILES string of the molecule is C/C(=N\NC(=O)c1ccc(Cl)cc1)c1cc2ccccc2o1. The van der Waals surface area contributed by atoms with E-state index in [1.54, 1.807) is 31.2 Å². The van der Waals surface area contributed by atoms with E-state index in [1.807, 2.05) is 30.3 Å². The fourth-order valence-electron chi connectivity index (χ4n) is 2.02. The lowest BCUT2D eigenvalue weighted by Gasteiger charge is -2.01. The molecule has 0 fully saturated rings. The van der Waals surface area contributed by atoms with E-state index < -0.39 is 0 Å². The summed E-state index contributed by atoms with van der Waals surface area (Å²) in [6.45, 7) is 1.78. The van der Waals surface area contributed by atoms with Gasteiger partial charge in [-0.3, -0.25) is 4.79 Å². The number of furan rings is 1. The van der Waals surface area contributed by atoms with Crippen LogP contribution in [0, 0.1) is 0 Å². The average Bonchev–Trinajstić information content (AvgIpc) is 2.97. The second kappa shape index (κ2) is 6.03. The molecule has 110 valence electrons. The van der Waals surface area contributed by atoms with Gasteiger partial charge < -0.3 is 4.42 Å². The average molecular weight is 313 g/mol. The molecule has 0 aliphatic rings. The number of hydrogen-bond donors (Lipinski definition) is 1. The lowest BCUT2D eigenvalue weighted by molar-refractivity contribution is 0.0955. The van der Waals surface area contributed by atoms with Gasteiger partial charge in [-0.1, -0.05) is 29.8 Å². The molecule has 0 bridgehead atoms. The van der Waals surface area contributed by atoms with E-state index in [0.717, 1.165) is 11.0 Å². The topological polar surface area (TPSA) is 54.6 Å². The molecular formula is C17H13ClN2O2. The Morgan fingerprint density at radius 2 is 1.86 bits per heavy atom. The summed E-state index contributed by atoms with van der Waals surface area (Å²) in [7, 11) is 0. The number of para-hydroxylation sites is 1. The zero-order valence-corrected chi connectivity index (χ0v) is 12.6. The molecule has 3 aromatic rings. The molecule has 0 aliphatic heterocycles. The lowest BCUT2D eigenvalue weighted by Crippen LogP contribution is -2.19. The van der Waals surface area contributed by atoms with Crippen LogP contribution in [-0.4, -0.2) is 11.6 Å². The number of fused-ring (bicyclic) bond motifs is 1. The second-order valence-electron chi connectivity index (χ2n) is 4.79. The Kier molecular flexibility index (Phi) is 3.94. The van der Waals surface area contributed by atoms with E-state index in [2.05, 4.69) is 10.5 Å². The van der Waals surface area contributed by atoms with Gasteiger partial charge in [0.1, 0.15) is 11.3 Å². The zero-order valence-electron chi connectivity index (χ0n) is 11.8. The highest BCUT2D eigenvalue weighted by Crippen LogP contribution is 2.19. The van der Waals surface area contributed by atoms with Crippen molar-refractivity contribution in [2.45, 2.75) is 6.92 Å². The minimum absolute atomic E-state index is 0.299. The summed E-state index contributed by atoms with van der Waals surface area (Å²) in [4.78, 5) is 12.0. The third kappa shape index (κ3) is 3.02. The summed E-state index contributed by atoms with van der Waals surface area (Å²) < 4.78 is 5.68. The van der Waals surface area contributed by atoms with E-state index in [9.17, 15) is 4.79 Å². The summed E-state index contributed by atoms with van der Waals surface area (Å²) in [5.74, 6) is 0.324. The monoisotopic (exact) mass is 312 g/mol. The number of rotatable bonds is 3. The van der Waals surface area contributed by atoms with Crippen LogP contribution in [0.25, 0.3) is 11.0 Å². The van der Waals surface area contributed by atoms with Crippen molar-refractivity contribution in [1.29, 1.82) is 0 Å². The van der Waals surface area contributed by atoms with Crippen LogP contribution in [0.4, 0.5) is 0 Å². The number of nitrogens with zero attached hydrogens (tertiary/aromatic N) is 1. The Bertz CT molecular complexity index is 817. The predicted molar refractivity (Wildman–Crippen MR) is 87.3 cm³/mol. The van der Waals surface area contributed by atoms with E-state index in [1.165, 1.54) is 0 Å². The first kappa shape index (κ1) is 14.4. The fraction of sp³-hybridized carbons (Fsp3) is 0.0588. The maximum atomic E-state index is 12.0. The molecule has 0 saturated heterocycles. The molecule has 1 heterocycles. The third-order valence-electron chi connectivity index (χ3n) is 3.21. The molecule has 3 rings (SSSR count). The highest BCUT2D eigenvalue weighted by atomic mass is 35.5. The predicted octanol–water partition coefficient (Wildman–Crippen LogP) is 4.24. The molecule has 0 atom stereocenters. The number of carbonyl (C=O) groups excluding carboxylic acids is 1. The minimum atomic E-state index is -0.299. The van der Waals surface area contributed by atoms with Gasteiger partial charge in [0.2, 0.25) is 0 Å². The first-order valence-corrected chi connectivity index (χ1v) is 7.10. The van der Waals surface area contributed by atoms with Crippen molar-refractivity contribution in [3.63, 3.8) is 0 Å². The van der Waals surface area contributed by atoms with Crippen LogP contribution in [0.1, 0.15) is 23.0 Å². The quantitative estimate of drug-likeness (QED) is 0.581. The minimum Gasteiger partial charge on any atom is -0.455 e. The van der Waals surface area contributed by atoms with Crippen molar-refractivity contribution in [1.82, 2.24) is 5.43 Å². The molecule has 0 saturated carbocycles. The number of amides is 1. The number of benzene rings is 2. The summed E-state index contributed by atoms with van der Waals surface area (Å²) in [6.07, 6.45) is 0. The number of carbonyl (C=O) groups is 1. The van der Waals surface area contributed by atoms with Gasteiger partial charge in [-0.15, -0.1) is 0 Å². The molecular weight excluding hydrogens is 300 g/mol. The maximum Gasteiger partial charge on any atom is 0.271 e. The second-order valence-corrected chi connectivity index (χ2v) is 5.23. The number of hydrogen-bond acceptors (Lipinski definition) is 3. The maximum absolute atomic E-state index is 12.0. The van der Waals surface area contributed by atoms with Gasteiger partial charge in [-0.25, -0.2) is 5.43 Å². The van der Waals surface area contributed by atoms with Crippen molar-refractivity contribution < 1.29 is 9.21 Å². The van der Waals surface area contributed by atoms with Gasteiger partial charge in [0, 0.05) is 16.0 Å². The molecule has 1 aromatic heterocycles. The van der Waals surface area contributed by atoms with Crippen LogP contribution in [0.15, 0.2) is 64.1 Å². The highest BCUT2D eigenvalue weighted by molar-refractivity contribution is 6.30. The normalized spacial score (nSPS) is 11.6. The van der Waals surface area contributed by atoms with Gasteiger partial charge >= 0.3 is 0 Å². The Morgan fingerprint density at radius 3 is 2.59 bits per heavy atom. The molecule has 1 amide bonds. The molecule has 1 N–H and O–H groups in total. The lowest BCUT2D eigenvalue weighted by atomic mass is 10.2. The van der Waals surface area contributed by atoms with Crippen molar-refractivity contribution in [3.8, 4) is 0 Å². The first-order chi connectivity index (χ1) is 10.6. The van der Waals surface area contributed by atoms with Crippen molar-refractivity contribution >= 4 is 34.2 Å². The summed E-state index contributed by atoms with van der Waals surface area (Å²) in [5, 5.41) is 5.66. The van der Waals surface area contributed by atoms with Gasteiger partial charge in [0.15, 0.2) is 5.76 Å². The van der Waals surface area contributed by atoms with Crippen LogP contribution in [-0.2, 0) is 0 Å². The van der Waals surface area contributed by atoms with Crippen LogP contribution >= 0.6 is 11.6 Å². The zero-order chi connectivity index (χ0) is 15.5. The van der Waals surface area contributed by atoms with Crippen LogP contribution in [0.3, 0.4) is 0 Å². The number of halogens is 1. The molecule has 0 unspecified atom stereocenters. The third-order valence-corrected chi connectivity index (χ3v) is 3.47. The summed E-state index contributed by atoms with van der Waals surface area (Å²) >= 11 is 5.79. The number of nitrogens with one attached hydrogen (secondary N) is 1. The standard InChI is InChI=1S/C17H13ClN2O2/c1-11(16-10-13-4-2-3-5-15(13)22-16)19-20-17(21)12-6-8-14(18)9-7-12/h2-10H,1H3,(H,20,21)/b19-11+. The first-order valence-electron chi connectivity index (χ1n) is 6.72. The fourth-order valence-corrected chi connectivity index (χ4v) is 2.14. The van der Waals surface area contributed by atoms with Gasteiger partial charge in [0.25, 0.3) is 5.91 Å². The molecule has 0 spiro atoms. The van der Waals surface area contributed by atoms with E-state index in [4.69, 9.17) is 16.0 Å². The molecule has 0 aliphatic carbocycles. The van der Waals surface area contributed by atoms with Crippen molar-refractivity contribution in [3.05, 3.63) is 70.9 Å². The Balaban J connectivity index is 1.76. The Hall–Kier alpha value is -2.59. The largest absolute Gasteiger partial charge is 0.455 e. The van der Waals surface area contributed by atoms with Crippen LogP contribution < -0.4 is 5.43 Å². The van der Waals surface area contributed by atoms with Gasteiger partial charge in [0.05, 0.1) is 0 Å². The van der Waals surface area contributed by atoms with E-state index in [-0.39, 0.29) is 5.91 Å². The van der Waals surface area contributed by atoms with Crippen molar-refractivity contribution in [2.75, 3.05) is 0 Å².